The molecule has 0 aliphatic heterocycles. The largest absolute Gasteiger partial charge is 0.497 e. The van der Waals surface area contributed by atoms with Crippen LogP contribution in [-0.4, -0.2) is 28.9 Å². The van der Waals surface area contributed by atoms with Crippen molar-refractivity contribution < 1.29 is 17.9 Å². The molecule has 0 amide bonds. The first-order valence-corrected chi connectivity index (χ1v) is 9.55. The third kappa shape index (κ3) is 4.40. The summed E-state index contributed by atoms with van der Waals surface area (Å²) in [5.74, 6) is 0.728. The number of ether oxygens (including phenoxy) is 2. The molecule has 0 spiro atoms. The number of rotatable bonds is 7. The molecule has 0 aliphatic carbocycles. The van der Waals surface area contributed by atoms with E-state index in [2.05, 4.69) is 4.72 Å². The number of sulfonamides is 1. The Morgan fingerprint density at radius 1 is 1.04 bits per heavy atom. The number of hydrogen-bond acceptors (Lipinski definition) is 5. The van der Waals surface area contributed by atoms with Crippen LogP contribution in [0.5, 0.6) is 11.5 Å². The first-order valence-electron chi connectivity index (χ1n) is 6.85. The Labute approximate surface area is 141 Å². The fraction of sp³-hybridized carbons (Fsp3) is 0.250. The van der Waals surface area contributed by atoms with Crippen molar-refractivity contribution in [3.8, 4) is 11.5 Å². The summed E-state index contributed by atoms with van der Waals surface area (Å²) < 4.78 is 37.9. The van der Waals surface area contributed by atoms with E-state index in [0.29, 0.717) is 5.75 Å². The van der Waals surface area contributed by atoms with Crippen molar-refractivity contribution in [2.45, 2.75) is 16.3 Å². The Balaban J connectivity index is 2.20. The van der Waals surface area contributed by atoms with E-state index in [1.54, 1.807) is 23.9 Å². The zero-order chi connectivity index (χ0) is 16.9. The highest BCUT2D eigenvalue weighted by atomic mass is 32.2. The zero-order valence-corrected chi connectivity index (χ0v) is 14.8. The third-order valence-corrected chi connectivity index (χ3v) is 5.45. The molecule has 124 valence electrons. The normalized spacial score (nSPS) is 11.3. The highest BCUT2D eigenvalue weighted by molar-refractivity contribution is 7.98. The van der Waals surface area contributed by atoms with Crippen LogP contribution in [0.15, 0.2) is 52.3 Å². The Kier molecular flexibility index (Phi) is 5.92. The summed E-state index contributed by atoms with van der Waals surface area (Å²) in [5.41, 5.74) is 0.883. The second-order valence-corrected chi connectivity index (χ2v) is 7.30. The molecule has 0 heterocycles. The van der Waals surface area contributed by atoms with Crippen LogP contribution in [0, 0.1) is 0 Å². The average molecular weight is 353 g/mol. The van der Waals surface area contributed by atoms with Crippen molar-refractivity contribution in [2.75, 3.05) is 20.5 Å². The Morgan fingerprint density at radius 2 is 1.74 bits per heavy atom. The predicted octanol–water partition coefficient (Wildman–Crippen LogP) is 2.90. The third-order valence-electron chi connectivity index (χ3n) is 3.29. The quantitative estimate of drug-likeness (QED) is 0.776. The lowest BCUT2D eigenvalue weighted by molar-refractivity contribution is 0.392. The van der Waals surface area contributed by atoms with Gasteiger partial charge in [0.15, 0.2) is 0 Å². The Bertz CT molecular complexity index is 758. The summed E-state index contributed by atoms with van der Waals surface area (Å²) in [6.45, 7) is 0.206. The summed E-state index contributed by atoms with van der Waals surface area (Å²) in [4.78, 5) is 1.19. The number of thioether (sulfide) groups is 1. The van der Waals surface area contributed by atoms with E-state index in [4.69, 9.17) is 9.47 Å². The lowest BCUT2D eigenvalue weighted by atomic mass is 10.2. The van der Waals surface area contributed by atoms with E-state index in [1.807, 2.05) is 30.5 Å². The van der Waals surface area contributed by atoms with Crippen molar-refractivity contribution in [3.05, 3.63) is 48.0 Å². The van der Waals surface area contributed by atoms with Crippen LogP contribution in [0.25, 0.3) is 0 Å². The summed E-state index contributed by atoms with van der Waals surface area (Å²) in [6, 6.07) is 12.4. The molecular weight excluding hydrogens is 334 g/mol. The fourth-order valence-corrected chi connectivity index (χ4v) is 3.60. The van der Waals surface area contributed by atoms with Crippen LogP contribution in [0.3, 0.4) is 0 Å². The molecule has 0 aliphatic rings. The SMILES string of the molecule is COc1ccc(OC)c(S(=O)(=O)NCc2ccc(SC)cc2)c1. The van der Waals surface area contributed by atoms with Crippen LogP contribution in [-0.2, 0) is 16.6 Å². The molecule has 0 fully saturated rings. The van der Waals surface area contributed by atoms with Crippen LogP contribution < -0.4 is 14.2 Å². The van der Waals surface area contributed by atoms with E-state index in [1.165, 1.54) is 20.3 Å². The molecule has 2 aromatic carbocycles. The van der Waals surface area contributed by atoms with Crippen molar-refractivity contribution in [1.29, 1.82) is 0 Å². The van der Waals surface area contributed by atoms with Crippen molar-refractivity contribution in [1.82, 2.24) is 4.72 Å². The van der Waals surface area contributed by atoms with E-state index >= 15 is 0 Å². The van der Waals surface area contributed by atoms with Gasteiger partial charge < -0.3 is 9.47 Å². The maximum Gasteiger partial charge on any atom is 0.244 e. The van der Waals surface area contributed by atoms with Crippen LogP contribution >= 0.6 is 11.8 Å². The molecule has 0 saturated carbocycles. The predicted molar refractivity (Wildman–Crippen MR) is 91.8 cm³/mol. The smallest absolute Gasteiger partial charge is 0.244 e. The van der Waals surface area contributed by atoms with Gasteiger partial charge in [0.2, 0.25) is 10.0 Å². The Hall–Kier alpha value is -1.70. The highest BCUT2D eigenvalue weighted by Gasteiger charge is 2.20. The standard InChI is InChI=1S/C16H19NO4S2/c1-20-13-6-9-15(21-2)16(10-13)23(18,19)17-11-12-4-7-14(22-3)8-5-12/h4-10,17H,11H2,1-3H3. The molecule has 0 unspecified atom stereocenters. The van der Waals surface area contributed by atoms with Gasteiger partial charge in [-0.1, -0.05) is 12.1 Å². The molecule has 7 heteroatoms. The van der Waals surface area contributed by atoms with Gasteiger partial charge in [0.25, 0.3) is 0 Å². The number of benzene rings is 2. The van der Waals surface area contributed by atoms with Crippen molar-refractivity contribution in [2.24, 2.45) is 0 Å². The van der Waals surface area contributed by atoms with Gasteiger partial charge in [-0.2, -0.15) is 0 Å². The lowest BCUT2D eigenvalue weighted by Crippen LogP contribution is -2.23. The van der Waals surface area contributed by atoms with Gasteiger partial charge in [-0.3, -0.25) is 0 Å². The molecule has 0 aromatic heterocycles. The zero-order valence-electron chi connectivity index (χ0n) is 13.2. The minimum atomic E-state index is -3.71. The van der Waals surface area contributed by atoms with Gasteiger partial charge in [0.1, 0.15) is 16.4 Å². The molecule has 1 N–H and O–H groups in total. The van der Waals surface area contributed by atoms with Crippen molar-refractivity contribution >= 4 is 21.8 Å². The molecular formula is C16H19NO4S2. The Morgan fingerprint density at radius 3 is 2.30 bits per heavy atom. The molecule has 2 aromatic rings. The monoisotopic (exact) mass is 353 g/mol. The van der Waals surface area contributed by atoms with Crippen LogP contribution in [0.4, 0.5) is 0 Å². The molecule has 23 heavy (non-hydrogen) atoms. The number of hydrogen-bond donors (Lipinski definition) is 1. The number of nitrogens with one attached hydrogen (secondary N) is 1. The summed E-state index contributed by atoms with van der Waals surface area (Å²) in [5, 5.41) is 0. The van der Waals surface area contributed by atoms with E-state index in [-0.39, 0.29) is 17.2 Å². The average Bonchev–Trinajstić information content (AvgIpc) is 2.59. The van der Waals surface area contributed by atoms with Crippen LogP contribution in [0.1, 0.15) is 5.56 Å². The van der Waals surface area contributed by atoms with E-state index < -0.39 is 10.0 Å². The lowest BCUT2D eigenvalue weighted by Gasteiger charge is -2.12. The number of methoxy groups -OCH3 is 2. The fourth-order valence-electron chi connectivity index (χ4n) is 1.99. The molecule has 5 nitrogen and oxygen atoms in total. The highest BCUT2D eigenvalue weighted by Crippen LogP contribution is 2.28. The van der Waals surface area contributed by atoms with E-state index in [0.717, 1.165) is 10.5 Å². The van der Waals surface area contributed by atoms with Gasteiger partial charge in [-0.15, -0.1) is 11.8 Å². The van der Waals surface area contributed by atoms with Gasteiger partial charge in [-0.05, 0) is 36.1 Å². The first kappa shape index (κ1) is 17.7. The van der Waals surface area contributed by atoms with Crippen LogP contribution in [0.2, 0.25) is 0 Å². The molecule has 0 radical (unpaired) electrons. The summed E-state index contributed by atoms with van der Waals surface area (Å²) in [6.07, 6.45) is 1.99. The molecule has 0 saturated heterocycles. The molecule has 0 atom stereocenters. The maximum absolute atomic E-state index is 12.5. The molecule has 0 bridgehead atoms. The minimum absolute atomic E-state index is 0.0556. The van der Waals surface area contributed by atoms with Crippen molar-refractivity contribution in [3.63, 3.8) is 0 Å². The molecule has 2 rings (SSSR count). The van der Waals surface area contributed by atoms with E-state index in [9.17, 15) is 8.42 Å². The maximum atomic E-state index is 12.5. The summed E-state index contributed by atoms with van der Waals surface area (Å²) in [7, 11) is -0.792. The van der Waals surface area contributed by atoms with Gasteiger partial charge >= 0.3 is 0 Å². The minimum Gasteiger partial charge on any atom is -0.497 e. The topological polar surface area (TPSA) is 64.6 Å². The second kappa shape index (κ2) is 7.72. The second-order valence-electron chi connectivity index (χ2n) is 4.69. The summed E-state index contributed by atoms with van der Waals surface area (Å²) >= 11 is 1.64. The van der Waals surface area contributed by atoms with Gasteiger partial charge in [-0.25, -0.2) is 13.1 Å². The van der Waals surface area contributed by atoms with Gasteiger partial charge in [0, 0.05) is 17.5 Å². The van der Waals surface area contributed by atoms with Gasteiger partial charge in [0.05, 0.1) is 14.2 Å². The first-order chi connectivity index (χ1) is 11.0.